The Bertz CT molecular complexity index is 158. The van der Waals surface area contributed by atoms with Gasteiger partial charge in [-0.3, -0.25) is 0 Å². The van der Waals surface area contributed by atoms with E-state index < -0.39 is 12.8 Å². The summed E-state index contributed by atoms with van der Waals surface area (Å²) in [5.41, 5.74) is 0.420. The van der Waals surface area contributed by atoms with Crippen molar-refractivity contribution in [2.45, 2.75) is 6.92 Å². The maximum absolute atomic E-state index is 10.6. The van der Waals surface area contributed by atoms with Gasteiger partial charge in [0.15, 0.2) is 6.79 Å². The van der Waals surface area contributed by atoms with Crippen LogP contribution >= 0.6 is 0 Å². The molecule has 0 aromatic rings. The van der Waals surface area contributed by atoms with Crippen LogP contribution in [-0.4, -0.2) is 17.9 Å². The monoisotopic (exact) mass is 142 g/mol. The molecule has 3 nitrogen and oxygen atoms in total. The zero-order valence-corrected chi connectivity index (χ0v) is 5.83. The van der Waals surface area contributed by atoms with Crippen LogP contribution in [0.2, 0.25) is 0 Å². The lowest BCUT2D eigenvalue weighted by atomic mass is 10.3. The SMILES string of the molecule is C=CC=C(C)C(=O)OCO. The number of allylic oxidation sites excluding steroid dienone is 2. The summed E-state index contributed by atoms with van der Waals surface area (Å²) in [5, 5.41) is 8.16. The largest absolute Gasteiger partial charge is 0.435 e. The first-order chi connectivity index (χ1) is 4.72. The lowest BCUT2D eigenvalue weighted by Crippen LogP contribution is -2.05. The van der Waals surface area contributed by atoms with E-state index >= 15 is 0 Å². The molecule has 0 saturated carbocycles. The quantitative estimate of drug-likeness (QED) is 0.272. The van der Waals surface area contributed by atoms with Crippen LogP contribution in [0.5, 0.6) is 0 Å². The first kappa shape index (κ1) is 8.91. The molecule has 0 bridgehead atoms. The predicted octanol–water partition coefficient (Wildman–Crippen LogP) is 0.612. The number of hydrogen-bond acceptors (Lipinski definition) is 3. The van der Waals surface area contributed by atoms with Crippen LogP contribution in [-0.2, 0) is 9.53 Å². The maximum atomic E-state index is 10.6. The summed E-state index contributed by atoms with van der Waals surface area (Å²) in [6.45, 7) is 4.40. The first-order valence-electron chi connectivity index (χ1n) is 2.79. The van der Waals surface area contributed by atoms with Gasteiger partial charge in [0.1, 0.15) is 0 Å². The minimum absolute atomic E-state index is 0.420. The number of aliphatic hydroxyl groups is 1. The Balaban J connectivity index is 3.93. The highest BCUT2D eigenvalue weighted by Crippen LogP contribution is 1.95. The molecule has 0 aromatic carbocycles. The fourth-order valence-corrected chi connectivity index (χ4v) is 0.417. The second kappa shape index (κ2) is 4.76. The molecule has 0 atom stereocenters. The van der Waals surface area contributed by atoms with E-state index in [-0.39, 0.29) is 0 Å². The molecule has 0 rings (SSSR count). The van der Waals surface area contributed by atoms with Crippen molar-refractivity contribution in [3.05, 3.63) is 24.3 Å². The third-order valence-electron chi connectivity index (χ3n) is 0.885. The van der Waals surface area contributed by atoms with Crippen molar-refractivity contribution in [1.82, 2.24) is 0 Å². The molecule has 0 saturated heterocycles. The summed E-state index contributed by atoms with van der Waals surface area (Å²) < 4.78 is 4.26. The molecule has 0 aliphatic carbocycles. The second-order valence-corrected chi connectivity index (χ2v) is 1.65. The average Bonchev–Trinajstić information content (AvgIpc) is 1.89. The predicted molar refractivity (Wildman–Crippen MR) is 37.1 cm³/mol. The Morgan fingerprint density at radius 1 is 1.80 bits per heavy atom. The van der Waals surface area contributed by atoms with Crippen LogP contribution in [0.1, 0.15) is 6.92 Å². The van der Waals surface area contributed by atoms with E-state index in [0.29, 0.717) is 5.57 Å². The Labute approximate surface area is 59.6 Å². The Hall–Kier alpha value is -1.09. The van der Waals surface area contributed by atoms with E-state index in [1.165, 1.54) is 12.2 Å². The highest BCUT2D eigenvalue weighted by atomic mass is 16.6. The molecule has 56 valence electrons. The third-order valence-corrected chi connectivity index (χ3v) is 0.885. The smallest absolute Gasteiger partial charge is 0.335 e. The van der Waals surface area contributed by atoms with Crippen molar-refractivity contribution in [3.8, 4) is 0 Å². The van der Waals surface area contributed by atoms with Gasteiger partial charge >= 0.3 is 5.97 Å². The van der Waals surface area contributed by atoms with Crippen LogP contribution in [0.3, 0.4) is 0 Å². The van der Waals surface area contributed by atoms with E-state index in [2.05, 4.69) is 11.3 Å². The first-order valence-corrected chi connectivity index (χ1v) is 2.79. The van der Waals surface area contributed by atoms with Gasteiger partial charge in [-0.05, 0) is 6.92 Å². The molecule has 3 heteroatoms. The second-order valence-electron chi connectivity index (χ2n) is 1.65. The molecular weight excluding hydrogens is 132 g/mol. The molecule has 0 unspecified atom stereocenters. The zero-order valence-electron chi connectivity index (χ0n) is 5.83. The summed E-state index contributed by atoms with van der Waals surface area (Å²) in [6.07, 6.45) is 2.99. The third kappa shape index (κ3) is 3.04. The minimum atomic E-state index is -0.582. The van der Waals surface area contributed by atoms with E-state index in [1.807, 2.05) is 0 Å². The van der Waals surface area contributed by atoms with Gasteiger partial charge in [0, 0.05) is 5.57 Å². The molecule has 0 fully saturated rings. The average molecular weight is 142 g/mol. The normalized spacial score (nSPS) is 10.8. The highest BCUT2D eigenvalue weighted by Gasteiger charge is 2.01. The fraction of sp³-hybridized carbons (Fsp3) is 0.286. The number of aliphatic hydroxyl groups excluding tert-OH is 1. The molecule has 1 N–H and O–H groups in total. The molecule has 0 spiro atoms. The molecule has 10 heavy (non-hydrogen) atoms. The van der Waals surface area contributed by atoms with Crippen molar-refractivity contribution < 1.29 is 14.6 Å². The number of ether oxygens (including phenoxy) is 1. The summed E-state index contributed by atoms with van der Waals surface area (Å²) in [6, 6.07) is 0. The van der Waals surface area contributed by atoms with Crippen molar-refractivity contribution in [1.29, 1.82) is 0 Å². The minimum Gasteiger partial charge on any atom is -0.435 e. The summed E-state index contributed by atoms with van der Waals surface area (Å²) >= 11 is 0. The molecule has 0 heterocycles. The summed E-state index contributed by atoms with van der Waals surface area (Å²) in [4.78, 5) is 10.6. The van der Waals surface area contributed by atoms with Crippen LogP contribution in [0.4, 0.5) is 0 Å². The van der Waals surface area contributed by atoms with Crippen molar-refractivity contribution in [2.75, 3.05) is 6.79 Å². The molecule has 0 aliphatic heterocycles. The molecule has 0 amide bonds. The maximum Gasteiger partial charge on any atom is 0.335 e. The lowest BCUT2D eigenvalue weighted by Gasteiger charge is -1.97. The van der Waals surface area contributed by atoms with Crippen LogP contribution in [0, 0.1) is 0 Å². The number of carbonyl (C=O) groups is 1. The van der Waals surface area contributed by atoms with Crippen LogP contribution in [0.15, 0.2) is 24.3 Å². The number of esters is 1. The van der Waals surface area contributed by atoms with Gasteiger partial charge in [-0.25, -0.2) is 4.79 Å². The Kier molecular flexibility index (Phi) is 4.24. The van der Waals surface area contributed by atoms with Crippen molar-refractivity contribution in [3.63, 3.8) is 0 Å². The standard InChI is InChI=1S/C7H10O3/c1-3-4-6(2)7(9)10-5-8/h3-4,8H,1,5H2,2H3. The fourth-order valence-electron chi connectivity index (χ4n) is 0.417. The van der Waals surface area contributed by atoms with Crippen LogP contribution in [0.25, 0.3) is 0 Å². The van der Waals surface area contributed by atoms with Gasteiger partial charge in [0.05, 0.1) is 0 Å². The van der Waals surface area contributed by atoms with Gasteiger partial charge in [-0.15, -0.1) is 0 Å². The number of carbonyl (C=O) groups excluding carboxylic acids is 1. The van der Waals surface area contributed by atoms with Gasteiger partial charge in [0.2, 0.25) is 0 Å². The topological polar surface area (TPSA) is 46.5 Å². The molecule has 0 aliphatic rings. The van der Waals surface area contributed by atoms with Gasteiger partial charge in [0.25, 0.3) is 0 Å². The molecule has 0 radical (unpaired) electrons. The highest BCUT2D eigenvalue weighted by molar-refractivity contribution is 5.87. The van der Waals surface area contributed by atoms with E-state index in [1.54, 1.807) is 6.92 Å². The van der Waals surface area contributed by atoms with Crippen LogP contribution < -0.4 is 0 Å². The van der Waals surface area contributed by atoms with Crippen molar-refractivity contribution in [2.24, 2.45) is 0 Å². The van der Waals surface area contributed by atoms with Crippen molar-refractivity contribution >= 4 is 5.97 Å². The summed E-state index contributed by atoms with van der Waals surface area (Å²) in [7, 11) is 0. The van der Waals surface area contributed by atoms with Gasteiger partial charge in [-0.1, -0.05) is 18.7 Å². The number of rotatable bonds is 3. The Morgan fingerprint density at radius 2 is 2.40 bits per heavy atom. The zero-order chi connectivity index (χ0) is 7.98. The van der Waals surface area contributed by atoms with E-state index in [9.17, 15) is 4.79 Å². The lowest BCUT2D eigenvalue weighted by molar-refractivity contribution is -0.146. The van der Waals surface area contributed by atoms with E-state index in [4.69, 9.17) is 5.11 Å². The molecule has 0 aromatic heterocycles. The Morgan fingerprint density at radius 3 is 2.80 bits per heavy atom. The van der Waals surface area contributed by atoms with Gasteiger partial charge < -0.3 is 9.84 Å². The van der Waals surface area contributed by atoms with E-state index in [0.717, 1.165) is 0 Å². The number of hydrogen-bond donors (Lipinski definition) is 1. The summed E-state index contributed by atoms with van der Waals surface area (Å²) in [5.74, 6) is -0.526. The van der Waals surface area contributed by atoms with Gasteiger partial charge in [-0.2, -0.15) is 0 Å². The molecular formula is C7H10O3.